The van der Waals surface area contributed by atoms with Gasteiger partial charge in [0.25, 0.3) is 0 Å². The maximum Gasteiger partial charge on any atom is 0.304 e. The summed E-state index contributed by atoms with van der Waals surface area (Å²) in [7, 11) is -1.32. The van der Waals surface area contributed by atoms with Gasteiger partial charge in [0.1, 0.15) is 0 Å². The van der Waals surface area contributed by atoms with Crippen LogP contribution in [0.1, 0.15) is 12.8 Å². The molecule has 1 heterocycles. The number of aliphatic carboxylic acids is 1. The van der Waals surface area contributed by atoms with E-state index in [0.717, 1.165) is 6.42 Å². The fraction of sp³-hybridized carbons (Fsp3) is 0.417. The molecular weight excluding hydrogens is 256 g/mol. The van der Waals surface area contributed by atoms with Crippen molar-refractivity contribution in [2.45, 2.75) is 17.7 Å². The highest BCUT2D eigenvalue weighted by atomic mass is 32.2. The number of hydrogen-bond donors (Lipinski definition) is 1. The second kappa shape index (κ2) is 5.86. The van der Waals surface area contributed by atoms with Gasteiger partial charge in [-0.2, -0.15) is 0 Å². The van der Waals surface area contributed by atoms with Crippen LogP contribution in [0.25, 0.3) is 0 Å². The van der Waals surface area contributed by atoms with Gasteiger partial charge in [0.2, 0.25) is 0 Å². The first-order valence-corrected chi connectivity index (χ1v) is 6.98. The Morgan fingerprint density at radius 3 is 2.72 bits per heavy atom. The Kier molecular flexibility index (Phi) is 4.19. The summed E-state index contributed by atoms with van der Waals surface area (Å²) >= 11 is 0. The Morgan fingerprint density at radius 1 is 1.28 bits per heavy atom. The van der Waals surface area contributed by atoms with Crippen molar-refractivity contribution in [3.05, 3.63) is 18.2 Å². The van der Waals surface area contributed by atoms with Crippen LogP contribution in [0, 0.1) is 0 Å². The summed E-state index contributed by atoms with van der Waals surface area (Å²) in [5, 5.41) is 8.56. The summed E-state index contributed by atoms with van der Waals surface area (Å²) in [5.41, 5.74) is 0. The number of carbonyl (C=O) groups is 1. The van der Waals surface area contributed by atoms with Gasteiger partial charge in [-0.05, 0) is 12.1 Å². The van der Waals surface area contributed by atoms with Gasteiger partial charge in [0.05, 0.1) is 30.4 Å². The molecule has 18 heavy (non-hydrogen) atoms. The van der Waals surface area contributed by atoms with E-state index >= 15 is 0 Å². The molecule has 0 aliphatic carbocycles. The molecule has 1 aliphatic heterocycles. The zero-order valence-electron chi connectivity index (χ0n) is 9.76. The van der Waals surface area contributed by atoms with E-state index in [1.165, 1.54) is 0 Å². The highest BCUT2D eigenvalue weighted by molar-refractivity contribution is 7.85. The van der Waals surface area contributed by atoms with Crippen molar-refractivity contribution in [3.63, 3.8) is 0 Å². The molecule has 0 aromatic heterocycles. The van der Waals surface area contributed by atoms with Crippen LogP contribution in [0.15, 0.2) is 23.1 Å². The van der Waals surface area contributed by atoms with Gasteiger partial charge in [-0.1, -0.05) is 0 Å². The molecule has 0 bridgehead atoms. The molecule has 0 spiro atoms. The van der Waals surface area contributed by atoms with Gasteiger partial charge in [-0.3, -0.25) is 9.00 Å². The summed E-state index contributed by atoms with van der Waals surface area (Å²) in [4.78, 5) is 11.0. The fourth-order valence-corrected chi connectivity index (χ4v) is 2.64. The van der Waals surface area contributed by atoms with Crippen molar-refractivity contribution in [1.82, 2.24) is 0 Å². The molecule has 1 aliphatic rings. The zero-order chi connectivity index (χ0) is 13.0. The summed E-state index contributed by atoms with van der Waals surface area (Å²) < 4.78 is 22.8. The van der Waals surface area contributed by atoms with E-state index in [2.05, 4.69) is 0 Å². The third kappa shape index (κ3) is 3.22. The molecule has 0 amide bonds. The van der Waals surface area contributed by atoms with Crippen molar-refractivity contribution in [2.75, 3.05) is 19.0 Å². The van der Waals surface area contributed by atoms with Gasteiger partial charge in [-0.25, -0.2) is 0 Å². The van der Waals surface area contributed by atoms with Gasteiger partial charge in [-0.15, -0.1) is 0 Å². The molecule has 0 saturated heterocycles. The highest BCUT2D eigenvalue weighted by Crippen LogP contribution is 2.31. The first kappa shape index (κ1) is 12.9. The lowest BCUT2D eigenvalue weighted by molar-refractivity contribution is -0.136. The van der Waals surface area contributed by atoms with Crippen molar-refractivity contribution in [1.29, 1.82) is 0 Å². The van der Waals surface area contributed by atoms with E-state index in [9.17, 15) is 9.00 Å². The molecule has 6 heteroatoms. The van der Waals surface area contributed by atoms with Gasteiger partial charge >= 0.3 is 5.97 Å². The van der Waals surface area contributed by atoms with Crippen molar-refractivity contribution >= 4 is 16.8 Å². The Hall–Kier alpha value is -1.56. The molecule has 0 saturated carbocycles. The summed E-state index contributed by atoms with van der Waals surface area (Å²) in [6.07, 6.45) is 0.702. The van der Waals surface area contributed by atoms with Gasteiger partial charge in [0.15, 0.2) is 11.5 Å². The number of ether oxygens (including phenoxy) is 2. The van der Waals surface area contributed by atoms with E-state index in [1.807, 2.05) is 0 Å². The van der Waals surface area contributed by atoms with Crippen LogP contribution in [0.2, 0.25) is 0 Å². The molecule has 1 aromatic carbocycles. The molecule has 0 fully saturated rings. The molecular formula is C12H14O5S. The Balaban J connectivity index is 2.12. The number of rotatable bonds is 4. The minimum Gasteiger partial charge on any atom is -0.490 e. The highest BCUT2D eigenvalue weighted by Gasteiger charge is 2.14. The SMILES string of the molecule is O=C(O)CC[S@@](=O)c1ccc2c(c1)OCCCO2. The summed E-state index contributed by atoms with van der Waals surface area (Å²) in [6, 6.07) is 5.07. The van der Waals surface area contributed by atoms with Crippen LogP contribution >= 0.6 is 0 Å². The quantitative estimate of drug-likeness (QED) is 0.896. The minimum absolute atomic E-state index is 0.106. The maximum absolute atomic E-state index is 11.9. The molecule has 0 unspecified atom stereocenters. The lowest BCUT2D eigenvalue weighted by Gasteiger charge is -2.08. The molecule has 0 radical (unpaired) electrons. The Morgan fingerprint density at radius 2 is 2.00 bits per heavy atom. The van der Waals surface area contributed by atoms with Gasteiger partial charge < -0.3 is 14.6 Å². The van der Waals surface area contributed by atoms with Crippen LogP contribution in [-0.4, -0.2) is 34.3 Å². The third-order valence-corrected chi connectivity index (χ3v) is 3.84. The average molecular weight is 270 g/mol. The second-order valence-electron chi connectivity index (χ2n) is 3.85. The summed E-state index contributed by atoms with van der Waals surface area (Å²) in [5.74, 6) is 0.382. The minimum atomic E-state index is -1.32. The molecule has 1 atom stereocenters. The van der Waals surface area contributed by atoms with Crippen molar-refractivity contribution < 1.29 is 23.6 Å². The molecule has 5 nitrogen and oxygen atoms in total. The number of carboxylic acid groups (broad SMARTS) is 1. The van der Waals surface area contributed by atoms with Crippen LogP contribution in [0.3, 0.4) is 0 Å². The monoisotopic (exact) mass is 270 g/mol. The predicted octanol–water partition coefficient (Wildman–Crippen LogP) is 1.43. The maximum atomic E-state index is 11.9. The second-order valence-corrected chi connectivity index (χ2v) is 5.42. The molecule has 1 N–H and O–H groups in total. The smallest absolute Gasteiger partial charge is 0.304 e. The van der Waals surface area contributed by atoms with Crippen LogP contribution in [0.5, 0.6) is 11.5 Å². The van der Waals surface area contributed by atoms with Crippen molar-refractivity contribution in [2.24, 2.45) is 0 Å². The lowest BCUT2D eigenvalue weighted by atomic mass is 10.3. The normalized spacial score (nSPS) is 15.8. The topological polar surface area (TPSA) is 72.8 Å². The molecule has 2 rings (SSSR count). The lowest BCUT2D eigenvalue weighted by Crippen LogP contribution is -2.05. The standard InChI is InChI=1S/C12H14O5S/c13-12(14)4-7-18(15)9-2-3-10-11(8-9)17-6-1-5-16-10/h2-3,8H,1,4-7H2,(H,13,14)/t18-/m1/s1. The van der Waals surface area contributed by atoms with Crippen LogP contribution < -0.4 is 9.47 Å². The van der Waals surface area contributed by atoms with E-state index in [-0.39, 0.29) is 12.2 Å². The first-order chi connectivity index (χ1) is 8.66. The van der Waals surface area contributed by atoms with E-state index in [1.54, 1.807) is 18.2 Å². The van der Waals surface area contributed by atoms with Crippen molar-refractivity contribution in [3.8, 4) is 11.5 Å². The fourth-order valence-electron chi connectivity index (χ4n) is 1.58. The third-order valence-electron chi connectivity index (χ3n) is 2.48. The van der Waals surface area contributed by atoms with E-state index < -0.39 is 16.8 Å². The number of fused-ring (bicyclic) bond motifs is 1. The predicted molar refractivity (Wildman–Crippen MR) is 65.6 cm³/mol. The first-order valence-electron chi connectivity index (χ1n) is 5.66. The number of benzene rings is 1. The number of carboxylic acids is 1. The zero-order valence-corrected chi connectivity index (χ0v) is 10.6. The van der Waals surface area contributed by atoms with E-state index in [4.69, 9.17) is 14.6 Å². The largest absolute Gasteiger partial charge is 0.490 e. The van der Waals surface area contributed by atoms with Crippen LogP contribution in [0.4, 0.5) is 0 Å². The molecule has 98 valence electrons. The molecule has 1 aromatic rings. The Bertz CT molecular complexity index is 472. The van der Waals surface area contributed by atoms with Gasteiger partial charge in [0, 0.05) is 23.1 Å². The van der Waals surface area contributed by atoms with E-state index in [0.29, 0.717) is 29.6 Å². The van der Waals surface area contributed by atoms with Crippen LogP contribution in [-0.2, 0) is 15.6 Å². The average Bonchev–Trinajstić information content (AvgIpc) is 2.60. The summed E-state index contributed by atoms with van der Waals surface area (Å²) in [6.45, 7) is 1.17. The Labute approximate surface area is 107 Å². The number of hydrogen-bond acceptors (Lipinski definition) is 4.